The molecule has 112 valence electrons. The van der Waals surface area contributed by atoms with Crippen LogP contribution in [0.4, 0.5) is 11.5 Å². The van der Waals surface area contributed by atoms with E-state index in [4.69, 9.17) is 4.74 Å². The molecule has 2 aromatic heterocycles. The zero-order valence-electron chi connectivity index (χ0n) is 12.2. The Morgan fingerprint density at radius 3 is 2.48 bits per heavy atom. The fourth-order valence-corrected chi connectivity index (χ4v) is 2.34. The van der Waals surface area contributed by atoms with Crippen molar-refractivity contribution in [2.75, 3.05) is 5.32 Å². The van der Waals surface area contributed by atoms with Crippen molar-refractivity contribution in [3.05, 3.63) is 73.1 Å². The Hall–Kier alpha value is -3.34. The molecule has 0 unspecified atom stereocenters. The predicted molar refractivity (Wildman–Crippen MR) is 90.1 cm³/mol. The van der Waals surface area contributed by atoms with Crippen LogP contribution in [-0.2, 0) is 0 Å². The molecule has 2 N–H and O–H groups in total. The maximum absolute atomic E-state index is 5.78. The lowest BCUT2D eigenvalue weighted by Gasteiger charge is -2.08. The average molecular weight is 302 g/mol. The summed E-state index contributed by atoms with van der Waals surface area (Å²) in [5.41, 5.74) is 1.89. The Morgan fingerprint density at radius 2 is 1.65 bits per heavy atom. The van der Waals surface area contributed by atoms with Crippen molar-refractivity contribution in [2.45, 2.75) is 0 Å². The van der Waals surface area contributed by atoms with Gasteiger partial charge < -0.3 is 10.1 Å². The van der Waals surface area contributed by atoms with E-state index in [2.05, 4.69) is 20.5 Å². The summed E-state index contributed by atoms with van der Waals surface area (Å²) in [5.74, 6) is 2.38. The molecule has 2 aromatic carbocycles. The third kappa shape index (κ3) is 2.85. The number of fused-ring (bicyclic) bond motifs is 1. The van der Waals surface area contributed by atoms with Crippen molar-refractivity contribution in [3.8, 4) is 11.5 Å². The van der Waals surface area contributed by atoms with Crippen LogP contribution in [-0.4, -0.2) is 15.2 Å². The molecule has 5 heteroatoms. The highest BCUT2D eigenvalue weighted by atomic mass is 16.5. The van der Waals surface area contributed by atoms with Gasteiger partial charge in [-0.2, -0.15) is 5.10 Å². The number of ether oxygens (including phenoxy) is 1. The first-order chi connectivity index (χ1) is 11.4. The van der Waals surface area contributed by atoms with E-state index in [1.807, 2.05) is 60.7 Å². The van der Waals surface area contributed by atoms with Crippen molar-refractivity contribution in [2.24, 2.45) is 0 Å². The van der Waals surface area contributed by atoms with Gasteiger partial charge in [0.15, 0.2) is 0 Å². The lowest BCUT2D eigenvalue weighted by molar-refractivity contribution is 0.483. The summed E-state index contributed by atoms with van der Waals surface area (Å²) in [5, 5.41) is 11.2. The van der Waals surface area contributed by atoms with Crippen LogP contribution in [0.3, 0.4) is 0 Å². The Kier molecular flexibility index (Phi) is 3.37. The molecule has 0 fully saturated rings. The van der Waals surface area contributed by atoms with E-state index >= 15 is 0 Å². The van der Waals surface area contributed by atoms with E-state index < -0.39 is 0 Å². The van der Waals surface area contributed by atoms with Crippen LogP contribution in [0.2, 0.25) is 0 Å². The first-order valence-corrected chi connectivity index (χ1v) is 7.26. The molecule has 2 heterocycles. The number of para-hydroxylation sites is 1. The quantitative estimate of drug-likeness (QED) is 0.583. The van der Waals surface area contributed by atoms with Crippen molar-refractivity contribution in [1.29, 1.82) is 0 Å². The first kappa shape index (κ1) is 13.3. The van der Waals surface area contributed by atoms with Crippen LogP contribution in [0.25, 0.3) is 10.9 Å². The molecule has 0 aliphatic rings. The number of aromatic nitrogens is 3. The van der Waals surface area contributed by atoms with Crippen molar-refractivity contribution in [1.82, 2.24) is 15.2 Å². The number of H-pyrrole nitrogens is 1. The van der Waals surface area contributed by atoms with Gasteiger partial charge in [-0.1, -0.05) is 18.2 Å². The Morgan fingerprint density at radius 1 is 0.870 bits per heavy atom. The zero-order valence-corrected chi connectivity index (χ0v) is 12.2. The second kappa shape index (κ2) is 5.81. The van der Waals surface area contributed by atoms with Gasteiger partial charge in [0.2, 0.25) is 0 Å². The maximum Gasteiger partial charge on any atom is 0.141 e. The van der Waals surface area contributed by atoms with Gasteiger partial charge in [0.25, 0.3) is 0 Å². The monoisotopic (exact) mass is 302 g/mol. The standard InChI is InChI=1S/C18H14N4O/c1-2-4-14(5-3-1)23-15-8-6-13(7-9-15)21-18-16-12-20-22-17(16)10-11-19-18/h1-12H,(H,19,21)(H,20,22). The van der Waals surface area contributed by atoms with E-state index in [-0.39, 0.29) is 0 Å². The van der Waals surface area contributed by atoms with Gasteiger partial charge in [-0.15, -0.1) is 0 Å². The summed E-state index contributed by atoms with van der Waals surface area (Å²) >= 11 is 0. The van der Waals surface area contributed by atoms with Crippen LogP contribution < -0.4 is 10.1 Å². The molecule has 0 amide bonds. The smallest absolute Gasteiger partial charge is 0.141 e. The number of nitrogens with zero attached hydrogens (tertiary/aromatic N) is 2. The van der Waals surface area contributed by atoms with Crippen molar-refractivity contribution >= 4 is 22.4 Å². The number of nitrogens with one attached hydrogen (secondary N) is 2. The highest BCUT2D eigenvalue weighted by Crippen LogP contribution is 2.26. The van der Waals surface area contributed by atoms with Gasteiger partial charge >= 0.3 is 0 Å². The van der Waals surface area contributed by atoms with Crippen LogP contribution in [0.5, 0.6) is 11.5 Å². The Balaban J connectivity index is 1.53. The topological polar surface area (TPSA) is 62.8 Å². The molecular weight excluding hydrogens is 288 g/mol. The van der Waals surface area contributed by atoms with Gasteiger partial charge in [-0.05, 0) is 42.5 Å². The Labute approximate surface area is 133 Å². The van der Waals surface area contributed by atoms with E-state index in [0.717, 1.165) is 33.9 Å². The summed E-state index contributed by atoms with van der Waals surface area (Å²) in [7, 11) is 0. The highest BCUT2D eigenvalue weighted by molar-refractivity contribution is 5.90. The molecule has 0 radical (unpaired) electrons. The van der Waals surface area contributed by atoms with Crippen LogP contribution in [0, 0.1) is 0 Å². The van der Waals surface area contributed by atoms with E-state index in [1.165, 1.54) is 0 Å². The van der Waals surface area contributed by atoms with Crippen molar-refractivity contribution < 1.29 is 4.74 Å². The lowest BCUT2D eigenvalue weighted by atomic mass is 10.2. The molecule has 0 saturated heterocycles. The molecule has 4 rings (SSSR count). The second-order valence-corrected chi connectivity index (χ2v) is 5.06. The second-order valence-electron chi connectivity index (χ2n) is 5.06. The van der Waals surface area contributed by atoms with Gasteiger partial charge in [0.05, 0.1) is 17.1 Å². The maximum atomic E-state index is 5.78. The predicted octanol–water partition coefficient (Wildman–Crippen LogP) is 4.49. The number of aromatic amines is 1. The minimum Gasteiger partial charge on any atom is -0.457 e. The molecule has 5 nitrogen and oxygen atoms in total. The number of anilines is 2. The first-order valence-electron chi connectivity index (χ1n) is 7.26. The zero-order chi connectivity index (χ0) is 15.5. The fraction of sp³-hybridized carbons (Fsp3) is 0. The summed E-state index contributed by atoms with van der Waals surface area (Å²) in [6.07, 6.45) is 3.51. The lowest BCUT2D eigenvalue weighted by Crippen LogP contribution is -1.93. The van der Waals surface area contributed by atoms with Crippen LogP contribution >= 0.6 is 0 Å². The molecule has 0 aliphatic carbocycles. The normalized spacial score (nSPS) is 10.6. The Bertz CT molecular complexity index is 917. The van der Waals surface area contributed by atoms with E-state index in [9.17, 15) is 0 Å². The number of hydrogen-bond acceptors (Lipinski definition) is 4. The molecule has 0 bridgehead atoms. The van der Waals surface area contributed by atoms with Gasteiger partial charge in [0, 0.05) is 11.9 Å². The number of rotatable bonds is 4. The number of pyridine rings is 1. The molecule has 4 aromatic rings. The summed E-state index contributed by atoms with van der Waals surface area (Å²) < 4.78 is 5.78. The molecule has 23 heavy (non-hydrogen) atoms. The number of hydrogen-bond donors (Lipinski definition) is 2. The SMILES string of the molecule is c1ccc(Oc2ccc(Nc3nccc4[nH]ncc34)cc2)cc1. The summed E-state index contributed by atoms with van der Waals surface area (Å²) in [6.45, 7) is 0. The summed E-state index contributed by atoms with van der Waals surface area (Å²) in [4.78, 5) is 4.36. The molecule has 0 aliphatic heterocycles. The minimum atomic E-state index is 0.771. The fourth-order valence-electron chi connectivity index (χ4n) is 2.34. The average Bonchev–Trinajstić information content (AvgIpc) is 3.07. The van der Waals surface area contributed by atoms with Crippen LogP contribution in [0.15, 0.2) is 73.1 Å². The number of benzene rings is 2. The third-order valence-corrected chi connectivity index (χ3v) is 3.46. The van der Waals surface area contributed by atoms with Crippen molar-refractivity contribution in [3.63, 3.8) is 0 Å². The molecule has 0 atom stereocenters. The summed E-state index contributed by atoms with van der Waals surface area (Å²) in [6, 6.07) is 19.4. The third-order valence-electron chi connectivity index (χ3n) is 3.46. The van der Waals surface area contributed by atoms with Gasteiger partial charge in [-0.25, -0.2) is 4.98 Å². The van der Waals surface area contributed by atoms with Gasteiger partial charge in [0.1, 0.15) is 17.3 Å². The minimum absolute atomic E-state index is 0.771. The van der Waals surface area contributed by atoms with E-state index in [1.54, 1.807) is 12.4 Å². The largest absolute Gasteiger partial charge is 0.457 e. The van der Waals surface area contributed by atoms with Crippen LogP contribution in [0.1, 0.15) is 0 Å². The molecule has 0 saturated carbocycles. The molecular formula is C18H14N4O. The highest BCUT2D eigenvalue weighted by Gasteiger charge is 2.04. The van der Waals surface area contributed by atoms with Gasteiger partial charge in [-0.3, -0.25) is 5.10 Å². The molecule has 0 spiro atoms. The van der Waals surface area contributed by atoms with E-state index in [0.29, 0.717) is 0 Å².